The Hall–Kier alpha value is -4.44. The number of aryl methyl sites for hydroxylation is 1. The van der Waals surface area contributed by atoms with Crippen LogP contribution in [0.15, 0.2) is 60.8 Å². The second-order valence-corrected chi connectivity index (χ2v) is 11.3. The van der Waals surface area contributed by atoms with E-state index in [2.05, 4.69) is 20.9 Å². The van der Waals surface area contributed by atoms with Gasteiger partial charge in [0.15, 0.2) is 0 Å². The molecule has 0 radical (unpaired) electrons. The third-order valence-corrected chi connectivity index (χ3v) is 8.69. The lowest BCUT2D eigenvalue weighted by atomic mass is 9.90. The van der Waals surface area contributed by atoms with Crippen molar-refractivity contribution in [3.8, 4) is 11.5 Å². The number of pyridine rings is 1. The molecule has 2 aliphatic rings. The van der Waals surface area contributed by atoms with Gasteiger partial charge in [0.25, 0.3) is 5.91 Å². The van der Waals surface area contributed by atoms with Gasteiger partial charge in [-0.1, -0.05) is 38.0 Å². The number of para-hydroxylation sites is 1. The summed E-state index contributed by atoms with van der Waals surface area (Å²) in [6.07, 6.45) is 5.65. The van der Waals surface area contributed by atoms with Crippen molar-refractivity contribution in [1.29, 1.82) is 0 Å². The van der Waals surface area contributed by atoms with Crippen LogP contribution in [-0.4, -0.2) is 34.9 Å². The number of nitrogens with one attached hydrogen (secondary N) is 3. The number of nitrogens with zero attached hydrogens (tertiary/aromatic N) is 2. The first-order valence-corrected chi connectivity index (χ1v) is 14.7. The van der Waals surface area contributed by atoms with Crippen molar-refractivity contribution in [2.24, 2.45) is 0 Å². The molecule has 2 atom stereocenters. The Morgan fingerprint density at radius 2 is 1.78 bits per heavy atom. The number of carbonyl (C=O) groups excluding carboxylic acids is 3. The molecule has 0 saturated heterocycles. The summed E-state index contributed by atoms with van der Waals surface area (Å²) < 4.78 is 5.97. The Labute approximate surface area is 241 Å². The van der Waals surface area contributed by atoms with E-state index in [9.17, 15) is 14.4 Å². The third-order valence-electron chi connectivity index (χ3n) is 7.59. The lowest BCUT2D eigenvalue weighted by Gasteiger charge is -2.33. The van der Waals surface area contributed by atoms with E-state index in [1.54, 1.807) is 17.2 Å². The minimum Gasteiger partial charge on any atom is -0.457 e. The molecule has 0 unspecified atom stereocenters. The van der Waals surface area contributed by atoms with Crippen LogP contribution in [0.3, 0.4) is 0 Å². The van der Waals surface area contributed by atoms with E-state index in [4.69, 9.17) is 4.74 Å². The van der Waals surface area contributed by atoms with Crippen molar-refractivity contribution in [2.45, 2.75) is 58.0 Å². The lowest BCUT2D eigenvalue weighted by molar-refractivity contribution is -0.121. The summed E-state index contributed by atoms with van der Waals surface area (Å²) >= 11 is 1.25. The van der Waals surface area contributed by atoms with E-state index in [-0.39, 0.29) is 29.9 Å². The lowest BCUT2D eigenvalue weighted by Crippen LogP contribution is -2.53. The number of ether oxygens (including phenoxy) is 1. The van der Waals surface area contributed by atoms with Gasteiger partial charge >= 0.3 is 6.03 Å². The van der Waals surface area contributed by atoms with Gasteiger partial charge in [0.05, 0.1) is 22.4 Å². The Morgan fingerprint density at radius 1 is 1.02 bits per heavy atom. The summed E-state index contributed by atoms with van der Waals surface area (Å²) in [4.78, 5) is 46.4. The van der Waals surface area contributed by atoms with Crippen LogP contribution in [0.5, 0.6) is 11.5 Å². The third kappa shape index (κ3) is 5.22. The topological polar surface area (TPSA) is 113 Å². The summed E-state index contributed by atoms with van der Waals surface area (Å²) in [6.45, 7) is 3.75. The molecule has 0 bridgehead atoms. The average molecular weight is 570 g/mol. The molecule has 3 heterocycles. The molecule has 1 saturated carbocycles. The van der Waals surface area contributed by atoms with Crippen molar-refractivity contribution in [3.63, 3.8) is 0 Å². The number of thiophene rings is 1. The smallest absolute Gasteiger partial charge is 0.331 e. The van der Waals surface area contributed by atoms with Crippen molar-refractivity contribution in [2.75, 3.05) is 10.2 Å². The van der Waals surface area contributed by atoms with Crippen LogP contribution in [0.4, 0.5) is 21.9 Å². The van der Waals surface area contributed by atoms with Gasteiger partial charge in [-0.3, -0.25) is 14.5 Å². The number of carbonyl (C=O) groups is 3. The number of hydrogen-bond acceptors (Lipinski definition) is 6. The fraction of sp³-hybridized carbons (Fsp3) is 0.290. The number of benzene rings is 2. The zero-order valence-corrected chi connectivity index (χ0v) is 23.7. The van der Waals surface area contributed by atoms with Crippen LogP contribution >= 0.6 is 11.3 Å². The quantitative estimate of drug-likeness (QED) is 0.231. The van der Waals surface area contributed by atoms with E-state index in [1.807, 2.05) is 62.4 Å². The number of amides is 4. The first-order valence-electron chi connectivity index (χ1n) is 13.9. The van der Waals surface area contributed by atoms with E-state index in [0.717, 1.165) is 42.4 Å². The second-order valence-electron chi connectivity index (χ2n) is 10.3. The first-order chi connectivity index (χ1) is 19.9. The molecule has 4 aromatic rings. The molecule has 6 rings (SSSR count). The molecule has 41 heavy (non-hydrogen) atoms. The van der Waals surface area contributed by atoms with Gasteiger partial charge in [-0.05, 0) is 61.7 Å². The Kier molecular flexibility index (Phi) is 7.32. The number of rotatable bonds is 7. The van der Waals surface area contributed by atoms with Crippen LogP contribution in [0.1, 0.15) is 54.3 Å². The number of urea groups is 1. The van der Waals surface area contributed by atoms with Crippen molar-refractivity contribution < 1.29 is 19.1 Å². The van der Waals surface area contributed by atoms with Gasteiger partial charge in [0.2, 0.25) is 5.91 Å². The van der Waals surface area contributed by atoms with Crippen LogP contribution in [0, 0.1) is 6.92 Å². The fourth-order valence-electron chi connectivity index (χ4n) is 5.57. The van der Waals surface area contributed by atoms with Gasteiger partial charge in [-0.15, -0.1) is 11.3 Å². The molecule has 4 amide bonds. The summed E-state index contributed by atoms with van der Waals surface area (Å²) in [6, 6.07) is 16.3. The van der Waals surface area contributed by atoms with Crippen molar-refractivity contribution in [1.82, 2.24) is 15.6 Å². The number of hydrogen-bond donors (Lipinski definition) is 3. The molecular weight excluding hydrogens is 538 g/mol. The summed E-state index contributed by atoms with van der Waals surface area (Å²) in [5.74, 6) is 1.10. The summed E-state index contributed by atoms with van der Waals surface area (Å²) in [7, 11) is 0. The predicted octanol–water partition coefficient (Wildman–Crippen LogP) is 6.65. The largest absolute Gasteiger partial charge is 0.457 e. The molecule has 1 aliphatic heterocycles. The highest BCUT2D eigenvalue weighted by Gasteiger charge is 2.35. The van der Waals surface area contributed by atoms with Crippen molar-refractivity contribution >= 4 is 56.5 Å². The van der Waals surface area contributed by atoms with Crippen LogP contribution in [0.25, 0.3) is 10.2 Å². The predicted molar refractivity (Wildman–Crippen MR) is 160 cm³/mol. The van der Waals surface area contributed by atoms with Gasteiger partial charge in [0.1, 0.15) is 21.2 Å². The molecule has 3 N–H and O–H groups in total. The van der Waals surface area contributed by atoms with Gasteiger partial charge in [0, 0.05) is 24.7 Å². The highest BCUT2D eigenvalue weighted by molar-refractivity contribution is 7.21. The molecule has 1 fully saturated rings. The van der Waals surface area contributed by atoms with Crippen molar-refractivity contribution in [3.05, 3.63) is 71.2 Å². The highest BCUT2D eigenvalue weighted by atomic mass is 32.1. The highest BCUT2D eigenvalue weighted by Crippen LogP contribution is 2.46. The molecule has 2 aromatic heterocycles. The maximum atomic E-state index is 13.6. The van der Waals surface area contributed by atoms with E-state index in [0.29, 0.717) is 38.9 Å². The number of aromatic nitrogens is 1. The molecule has 0 spiro atoms. The molecule has 2 aromatic carbocycles. The maximum Gasteiger partial charge on any atom is 0.331 e. The van der Waals surface area contributed by atoms with Gasteiger partial charge < -0.3 is 20.7 Å². The Morgan fingerprint density at radius 3 is 2.51 bits per heavy atom. The molecule has 210 valence electrons. The minimum absolute atomic E-state index is 0.0238. The average Bonchev–Trinajstić information content (AvgIpc) is 3.35. The molecular formula is C31H31N5O4S. The Balaban J connectivity index is 1.30. The second kappa shape index (κ2) is 11.2. The zero-order chi connectivity index (χ0) is 28.5. The van der Waals surface area contributed by atoms with E-state index >= 15 is 0 Å². The first kappa shape index (κ1) is 26.8. The summed E-state index contributed by atoms with van der Waals surface area (Å²) in [5, 5.41) is 9.89. The minimum atomic E-state index is -0.358. The van der Waals surface area contributed by atoms with E-state index < -0.39 is 0 Å². The molecule has 9 nitrogen and oxygen atoms in total. The fourth-order valence-corrected chi connectivity index (χ4v) is 6.59. The maximum absolute atomic E-state index is 13.6. The monoisotopic (exact) mass is 569 g/mol. The van der Waals surface area contributed by atoms with Crippen LogP contribution < -0.4 is 25.6 Å². The molecule has 1 aliphatic carbocycles. The Bertz CT molecular complexity index is 1640. The van der Waals surface area contributed by atoms with Gasteiger partial charge in [-0.2, -0.15) is 0 Å². The zero-order valence-electron chi connectivity index (χ0n) is 22.9. The summed E-state index contributed by atoms with van der Waals surface area (Å²) in [5.41, 5.74) is 2.69. The standard InChI is InChI=1S/C31H31N5O4S/c1-3-25(37)33-21-11-7-8-12-22(21)34-29(38)28-27-26-24(15-16-32-30(26)41-28)36(31(39)35-27)23-14-13-20(17-18(23)2)40-19-9-5-4-6-10-19/h4-6,9-10,13-17,21-22H,3,7-8,11-12H2,1-2H3,(H,33,37)(H,34,38)(H,35,39)/t21-,22+/m0/s1. The molecule has 10 heteroatoms. The van der Waals surface area contributed by atoms with Gasteiger partial charge in [-0.25, -0.2) is 9.78 Å². The normalized spacial score (nSPS) is 18.1. The number of anilines is 3. The SMILES string of the molecule is CCC(=O)N[C@H]1CCCC[C@H]1NC(=O)c1sc2nccc3c2c1NC(=O)N3c1ccc(Oc2ccccc2)cc1C. The van der Waals surface area contributed by atoms with Crippen LogP contribution in [-0.2, 0) is 4.79 Å². The van der Waals surface area contributed by atoms with E-state index in [1.165, 1.54) is 11.3 Å². The van der Waals surface area contributed by atoms with Crippen LogP contribution in [0.2, 0.25) is 0 Å².